The van der Waals surface area contributed by atoms with E-state index in [1.807, 2.05) is 24.3 Å². The lowest BCUT2D eigenvalue weighted by molar-refractivity contribution is 0.417. The molecule has 7 nitrogen and oxygen atoms in total. The third kappa shape index (κ3) is 5.01. The summed E-state index contributed by atoms with van der Waals surface area (Å²) in [4.78, 5) is 0.192. The van der Waals surface area contributed by atoms with Crippen LogP contribution in [-0.4, -0.2) is 33.4 Å². The van der Waals surface area contributed by atoms with E-state index in [9.17, 15) is 8.42 Å². The molecule has 26 heavy (non-hydrogen) atoms. The number of sulfonamides is 1. The summed E-state index contributed by atoms with van der Waals surface area (Å²) < 4.78 is 31.0. The summed E-state index contributed by atoms with van der Waals surface area (Å²) in [5, 5.41) is 7.53. The molecule has 3 N–H and O–H groups in total. The molecule has 0 fully saturated rings. The molecule has 2 rings (SSSR count). The van der Waals surface area contributed by atoms with Crippen molar-refractivity contribution in [2.45, 2.75) is 11.8 Å². The van der Waals surface area contributed by atoms with E-state index in [1.54, 1.807) is 26.2 Å². The number of hydrogen-bond donors (Lipinski definition) is 3. The van der Waals surface area contributed by atoms with Crippen LogP contribution in [0.5, 0.6) is 5.75 Å². The summed E-state index contributed by atoms with van der Waals surface area (Å²) in [5.74, 6) is 0.665. The van der Waals surface area contributed by atoms with Crippen molar-refractivity contribution in [1.82, 2.24) is 10.1 Å². The van der Waals surface area contributed by atoms with Crippen LogP contribution in [0.1, 0.15) is 12.5 Å². The number of para-hydroxylation sites is 2. The summed E-state index contributed by atoms with van der Waals surface area (Å²) in [5.41, 5.74) is 4.91. The zero-order chi connectivity index (χ0) is 19.2. The molecular formula is C17H20N4O3S2. The molecule has 0 atom stereocenters. The van der Waals surface area contributed by atoms with Gasteiger partial charge in [-0.15, -0.1) is 0 Å². The first-order valence-electron chi connectivity index (χ1n) is 7.65. The Bertz CT molecular complexity index is 910. The van der Waals surface area contributed by atoms with Crippen LogP contribution >= 0.6 is 12.2 Å². The average molecular weight is 393 g/mol. The topological polar surface area (TPSA) is 91.8 Å². The molecule has 2 aromatic rings. The number of rotatable bonds is 6. The molecule has 0 aliphatic heterocycles. The van der Waals surface area contributed by atoms with Crippen molar-refractivity contribution in [3.63, 3.8) is 0 Å². The molecule has 0 saturated carbocycles. The molecule has 138 valence electrons. The minimum Gasteiger partial charge on any atom is -0.495 e. The largest absolute Gasteiger partial charge is 0.495 e. The fourth-order valence-corrected chi connectivity index (χ4v) is 2.98. The van der Waals surface area contributed by atoms with E-state index in [4.69, 9.17) is 17.0 Å². The third-order valence-electron chi connectivity index (χ3n) is 3.53. The van der Waals surface area contributed by atoms with E-state index in [-0.39, 0.29) is 4.90 Å². The molecular weight excluding hydrogens is 372 g/mol. The number of thiocarbonyl (C=S) groups is 1. The van der Waals surface area contributed by atoms with Crippen molar-refractivity contribution in [3.05, 3.63) is 54.1 Å². The van der Waals surface area contributed by atoms with Gasteiger partial charge in [-0.1, -0.05) is 24.3 Å². The molecule has 0 heterocycles. The Morgan fingerprint density at radius 3 is 2.38 bits per heavy atom. The average Bonchev–Trinajstić information content (AvgIpc) is 2.66. The molecule has 0 aliphatic carbocycles. The van der Waals surface area contributed by atoms with Gasteiger partial charge in [-0.25, -0.2) is 13.1 Å². The third-order valence-corrected chi connectivity index (χ3v) is 5.16. The quantitative estimate of drug-likeness (QED) is 0.397. The molecule has 0 amide bonds. The highest BCUT2D eigenvalue weighted by molar-refractivity contribution is 7.89. The Labute approximate surface area is 158 Å². The Balaban J connectivity index is 2.04. The first-order chi connectivity index (χ1) is 12.4. The monoisotopic (exact) mass is 392 g/mol. The van der Waals surface area contributed by atoms with Gasteiger partial charge in [0.05, 0.1) is 23.4 Å². The van der Waals surface area contributed by atoms with Gasteiger partial charge >= 0.3 is 0 Å². The van der Waals surface area contributed by atoms with E-state index in [0.29, 0.717) is 16.6 Å². The van der Waals surface area contributed by atoms with E-state index in [0.717, 1.165) is 11.3 Å². The maximum absolute atomic E-state index is 11.7. The van der Waals surface area contributed by atoms with Crippen molar-refractivity contribution in [2.75, 3.05) is 19.5 Å². The Hall–Kier alpha value is -2.49. The van der Waals surface area contributed by atoms with Crippen LogP contribution in [-0.2, 0) is 10.0 Å². The number of nitrogens with one attached hydrogen (secondary N) is 3. The van der Waals surface area contributed by atoms with Gasteiger partial charge in [0.25, 0.3) is 0 Å². The molecule has 0 aromatic heterocycles. The maximum Gasteiger partial charge on any atom is 0.240 e. The molecule has 2 aromatic carbocycles. The number of benzene rings is 2. The lowest BCUT2D eigenvalue weighted by atomic mass is 10.1. The molecule has 0 saturated heterocycles. The first kappa shape index (κ1) is 19.8. The summed E-state index contributed by atoms with van der Waals surface area (Å²) in [6.45, 7) is 1.79. The minimum atomic E-state index is -3.46. The second kappa shape index (κ2) is 8.75. The van der Waals surface area contributed by atoms with Crippen LogP contribution in [0.3, 0.4) is 0 Å². The highest BCUT2D eigenvalue weighted by Crippen LogP contribution is 2.22. The minimum absolute atomic E-state index is 0.192. The summed E-state index contributed by atoms with van der Waals surface area (Å²) in [6, 6.07) is 13.8. The van der Waals surface area contributed by atoms with E-state index >= 15 is 0 Å². The normalized spacial score (nSPS) is 11.7. The predicted molar refractivity (Wildman–Crippen MR) is 107 cm³/mol. The van der Waals surface area contributed by atoms with Crippen LogP contribution in [0.25, 0.3) is 0 Å². The van der Waals surface area contributed by atoms with Gasteiger partial charge in [0.2, 0.25) is 10.0 Å². The van der Waals surface area contributed by atoms with Crippen molar-refractivity contribution in [2.24, 2.45) is 5.10 Å². The van der Waals surface area contributed by atoms with Gasteiger partial charge in [-0.3, -0.25) is 5.43 Å². The number of hydrogen-bond acceptors (Lipinski definition) is 5. The molecule has 0 spiro atoms. The zero-order valence-corrected chi connectivity index (χ0v) is 16.2. The van der Waals surface area contributed by atoms with Crippen molar-refractivity contribution < 1.29 is 13.2 Å². The predicted octanol–water partition coefficient (Wildman–Crippen LogP) is 2.31. The number of methoxy groups -OCH3 is 1. The zero-order valence-electron chi connectivity index (χ0n) is 14.6. The number of nitrogens with zero attached hydrogens (tertiary/aromatic N) is 1. The Morgan fingerprint density at radius 2 is 1.77 bits per heavy atom. The van der Waals surface area contributed by atoms with Crippen LogP contribution in [0.15, 0.2) is 58.5 Å². The number of anilines is 1. The van der Waals surface area contributed by atoms with Crippen molar-refractivity contribution in [3.8, 4) is 5.75 Å². The van der Waals surface area contributed by atoms with Gasteiger partial charge in [0, 0.05) is 0 Å². The summed E-state index contributed by atoms with van der Waals surface area (Å²) in [7, 11) is -0.505. The highest BCUT2D eigenvalue weighted by atomic mass is 32.2. The van der Waals surface area contributed by atoms with Gasteiger partial charge in [0.15, 0.2) is 5.11 Å². The van der Waals surface area contributed by atoms with Gasteiger partial charge in [0.1, 0.15) is 5.75 Å². The molecule has 0 unspecified atom stereocenters. The van der Waals surface area contributed by atoms with Crippen LogP contribution in [0, 0.1) is 0 Å². The van der Waals surface area contributed by atoms with Crippen molar-refractivity contribution >= 4 is 38.8 Å². The Kier molecular flexibility index (Phi) is 6.67. The lowest BCUT2D eigenvalue weighted by Crippen LogP contribution is -2.25. The number of hydrazone groups is 1. The lowest BCUT2D eigenvalue weighted by Gasteiger charge is -2.11. The van der Waals surface area contributed by atoms with E-state index < -0.39 is 10.0 Å². The van der Waals surface area contributed by atoms with Gasteiger partial charge < -0.3 is 10.1 Å². The van der Waals surface area contributed by atoms with E-state index in [2.05, 4.69) is 20.6 Å². The highest BCUT2D eigenvalue weighted by Gasteiger charge is 2.11. The van der Waals surface area contributed by atoms with E-state index in [1.165, 1.54) is 19.2 Å². The second-order valence-corrected chi connectivity index (χ2v) is 7.49. The van der Waals surface area contributed by atoms with Gasteiger partial charge in [-0.2, -0.15) is 5.10 Å². The Morgan fingerprint density at radius 1 is 1.12 bits per heavy atom. The molecule has 9 heteroatoms. The first-order valence-corrected chi connectivity index (χ1v) is 9.55. The fourth-order valence-electron chi connectivity index (χ4n) is 2.09. The molecule has 0 bridgehead atoms. The van der Waals surface area contributed by atoms with Crippen LogP contribution in [0.4, 0.5) is 5.69 Å². The van der Waals surface area contributed by atoms with Crippen molar-refractivity contribution in [1.29, 1.82) is 0 Å². The molecule has 0 aliphatic rings. The SMILES string of the molecule is CNS(=O)(=O)c1ccc(/C(C)=N\NC(=S)Nc2ccccc2OC)cc1. The van der Waals surface area contributed by atoms with Gasteiger partial charge in [-0.05, 0) is 56.0 Å². The summed E-state index contributed by atoms with van der Waals surface area (Å²) >= 11 is 5.22. The van der Waals surface area contributed by atoms with Crippen LogP contribution < -0.4 is 20.2 Å². The standard InChI is InChI=1S/C17H20N4O3S2/c1-12(13-8-10-14(11-9-13)26(22,23)18-2)20-21-17(25)19-15-6-4-5-7-16(15)24-3/h4-11,18H,1-3H3,(H2,19,21,25)/b20-12-. The molecule has 0 radical (unpaired) electrons. The second-order valence-electron chi connectivity index (χ2n) is 5.20. The maximum atomic E-state index is 11.7. The smallest absolute Gasteiger partial charge is 0.240 e. The number of ether oxygens (including phenoxy) is 1. The van der Waals surface area contributed by atoms with Crippen LogP contribution in [0.2, 0.25) is 0 Å². The summed E-state index contributed by atoms with van der Waals surface area (Å²) in [6.07, 6.45) is 0. The fraction of sp³-hybridized carbons (Fsp3) is 0.176.